The van der Waals surface area contributed by atoms with E-state index in [0.29, 0.717) is 0 Å². The van der Waals surface area contributed by atoms with E-state index in [1.54, 1.807) is 0 Å². The first kappa shape index (κ1) is 33.4. The molecule has 0 aromatic rings. The summed E-state index contributed by atoms with van der Waals surface area (Å²) in [6.45, 7) is 10.0. The third-order valence-corrected chi connectivity index (χ3v) is 6.69. The molecule has 0 aliphatic rings. The summed E-state index contributed by atoms with van der Waals surface area (Å²) in [7, 11) is 0. The van der Waals surface area contributed by atoms with Crippen molar-refractivity contribution in [2.45, 2.75) is 168 Å². The van der Waals surface area contributed by atoms with E-state index >= 15 is 0 Å². The van der Waals surface area contributed by atoms with Crippen LogP contribution >= 0.6 is 0 Å². The number of ether oxygens (including phenoxy) is 2. The molecule has 2 nitrogen and oxygen atoms in total. The summed E-state index contributed by atoms with van der Waals surface area (Å²) in [6, 6.07) is 0. The Hall–Kier alpha value is -0.600. The fraction of sp³-hybridized carbons (Fsp3) is 0.875. The van der Waals surface area contributed by atoms with E-state index in [9.17, 15) is 0 Å². The molecule has 0 saturated heterocycles. The van der Waals surface area contributed by atoms with Crippen LogP contribution in [0.5, 0.6) is 0 Å². The topological polar surface area (TPSA) is 18.5 Å². The second-order valence-electron chi connectivity index (χ2n) is 10.1. The van der Waals surface area contributed by atoms with Crippen LogP contribution in [0.15, 0.2) is 24.8 Å². The molecule has 202 valence electrons. The van der Waals surface area contributed by atoms with Gasteiger partial charge in [-0.25, -0.2) is 0 Å². The molecule has 0 radical (unpaired) electrons. The summed E-state index contributed by atoms with van der Waals surface area (Å²) < 4.78 is 12.4. The van der Waals surface area contributed by atoms with Crippen molar-refractivity contribution >= 4 is 0 Å². The Kier molecular flexibility index (Phi) is 29.9. The first-order chi connectivity index (χ1) is 16.8. The van der Waals surface area contributed by atoms with Crippen LogP contribution < -0.4 is 0 Å². The maximum absolute atomic E-state index is 6.19. The van der Waals surface area contributed by atoms with Crippen molar-refractivity contribution < 1.29 is 9.47 Å². The maximum Gasteiger partial charge on any atom is 0.157 e. The molecular formula is C32H62O2. The van der Waals surface area contributed by atoms with E-state index in [1.165, 1.54) is 141 Å². The molecule has 2 heteroatoms. The Morgan fingerprint density at radius 1 is 0.529 bits per heavy atom. The molecule has 0 heterocycles. The highest BCUT2D eigenvalue weighted by molar-refractivity contribution is 4.96. The van der Waals surface area contributed by atoms with Crippen LogP contribution in [0.2, 0.25) is 0 Å². The molecular weight excluding hydrogens is 416 g/mol. The van der Waals surface area contributed by atoms with E-state index < -0.39 is 0 Å². The number of rotatable bonds is 29. The van der Waals surface area contributed by atoms with E-state index in [1.807, 2.05) is 6.08 Å². The van der Waals surface area contributed by atoms with Gasteiger partial charge < -0.3 is 9.47 Å². The monoisotopic (exact) mass is 478 g/mol. The first-order valence-corrected chi connectivity index (χ1v) is 15.4. The minimum Gasteiger partial charge on any atom is -0.353 e. The maximum atomic E-state index is 6.19. The fourth-order valence-electron chi connectivity index (χ4n) is 4.41. The van der Waals surface area contributed by atoms with E-state index in [4.69, 9.17) is 9.47 Å². The Morgan fingerprint density at radius 2 is 0.941 bits per heavy atom. The van der Waals surface area contributed by atoms with Crippen LogP contribution in [-0.4, -0.2) is 19.5 Å². The van der Waals surface area contributed by atoms with Gasteiger partial charge in [-0.05, 0) is 38.5 Å². The predicted molar refractivity (Wildman–Crippen MR) is 153 cm³/mol. The zero-order valence-corrected chi connectivity index (χ0v) is 23.5. The van der Waals surface area contributed by atoms with Gasteiger partial charge in [0.25, 0.3) is 0 Å². The lowest BCUT2D eigenvalue weighted by Crippen LogP contribution is -2.19. The largest absolute Gasteiger partial charge is 0.353 e. The van der Waals surface area contributed by atoms with Gasteiger partial charge in [-0.2, -0.15) is 0 Å². The molecule has 0 fully saturated rings. The summed E-state index contributed by atoms with van der Waals surface area (Å²) in [5, 5.41) is 0. The second kappa shape index (κ2) is 30.4. The molecule has 0 unspecified atom stereocenters. The Labute approximate surface area is 215 Å². The van der Waals surface area contributed by atoms with Crippen molar-refractivity contribution in [2.75, 3.05) is 13.2 Å². The molecule has 34 heavy (non-hydrogen) atoms. The molecule has 0 bridgehead atoms. The quantitative estimate of drug-likeness (QED) is 0.0604. The van der Waals surface area contributed by atoms with Crippen molar-refractivity contribution in [3.63, 3.8) is 0 Å². The molecule has 0 aromatic carbocycles. The summed E-state index contributed by atoms with van der Waals surface area (Å²) in [6.07, 6.45) is 36.4. The summed E-state index contributed by atoms with van der Waals surface area (Å²) in [4.78, 5) is 0. The second-order valence-corrected chi connectivity index (χ2v) is 10.1. The lowest BCUT2D eigenvalue weighted by Gasteiger charge is -2.19. The van der Waals surface area contributed by atoms with Crippen LogP contribution in [0.25, 0.3) is 0 Å². The zero-order valence-electron chi connectivity index (χ0n) is 23.5. The van der Waals surface area contributed by atoms with E-state index in [2.05, 4.69) is 32.6 Å². The summed E-state index contributed by atoms with van der Waals surface area (Å²) in [5.74, 6) is 0. The number of allylic oxidation sites excluding steroid dienone is 3. The number of unbranched alkanes of at least 4 members (excludes halogenated alkanes) is 19. The molecule has 0 aromatic heterocycles. The van der Waals surface area contributed by atoms with Gasteiger partial charge in [-0.3, -0.25) is 0 Å². The molecule has 0 atom stereocenters. The van der Waals surface area contributed by atoms with Crippen molar-refractivity contribution in [3.05, 3.63) is 24.8 Å². The van der Waals surface area contributed by atoms with E-state index in [0.717, 1.165) is 19.6 Å². The van der Waals surface area contributed by atoms with Gasteiger partial charge in [0.15, 0.2) is 6.29 Å². The highest BCUT2D eigenvalue weighted by Gasteiger charge is 2.09. The van der Waals surface area contributed by atoms with Gasteiger partial charge in [0, 0.05) is 13.2 Å². The van der Waals surface area contributed by atoms with Crippen LogP contribution in [0.3, 0.4) is 0 Å². The zero-order chi connectivity index (χ0) is 24.8. The van der Waals surface area contributed by atoms with Gasteiger partial charge in [-0.15, -0.1) is 0 Å². The van der Waals surface area contributed by atoms with Crippen LogP contribution in [0, 0.1) is 0 Å². The Balaban J connectivity index is 3.89. The lowest BCUT2D eigenvalue weighted by atomic mass is 10.1. The minimum atomic E-state index is 0.0182. The van der Waals surface area contributed by atoms with Crippen molar-refractivity contribution in [1.29, 1.82) is 0 Å². The van der Waals surface area contributed by atoms with Gasteiger partial charge in [-0.1, -0.05) is 148 Å². The first-order valence-electron chi connectivity index (χ1n) is 15.4. The van der Waals surface area contributed by atoms with Gasteiger partial charge in [0.05, 0.1) is 0 Å². The molecule has 0 spiro atoms. The van der Waals surface area contributed by atoms with Crippen LogP contribution in [0.1, 0.15) is 162 Å². The molecule has 0 aliphatic heterocycles. The Bertz CT molecular complexity index is 382. The standard InChI is InChI=1S/C32H62O2/c1-4-7-10-13-16-19-20-23-26-29-32(33-30-27-24-21-17-14-11-8-5-2)34-31-28-25-22-18-15-12-9-6-3/h4,7,10,32H,1,5-6,8-9,11-31H2,2-3H3/b10-7+. The SMILES string of the molecule is C=C/C=C/CCCCCCCC(OCCCCCCCCCC)OCCCCCCCCCC. The van der Waals surface area contributed by atoms with Gasteiger partial charge in [0.1, 0.15) is 0 Å². The van der Waals surface area contributed by atoms with Crippen molar-refractivity contribution in [3.8, 4) is 0 Å². The van der Waals surface area contributed by atoms with Gasteiger partial charge >= 0.3 is 0 Å². The Morgan fingerprint density at radius 3 is 1.41 bits per heavy atom. The lowest BCUT2D eigenvalue weighted by molar-refractivity contribution is -0.148. The van der Waals surface area contributed by atoms with Crippen molar-refractivity contribution in [1.82, 2.24) is 0 Å². The fourth-order valence-corrected chi connectivity index (χ4v) is 4.41. The van der Waals surface area contributed by atoms with E-state index in [-0.39, 0.29) is 6.29 Å². The highest BCUT2D eigenvalue weighted by atomic mass is 16.7. The minimum absolute atomic E-state index is 0.0182. The highest BCUT2D eigenvalue weighted by Crippen LogP contribution is 2.15. The molecule has 0 amide bonds. The molecule has 0 rings (SSSR count). The third kappa shape index (κ3) is 27.6. The number of hydrogen-bond donors (Lipinski definition) is 0. The molecule has 0 N–H and O–H groups in total. The van der Waals surface area contributed by atoms with Crippen LogP contribution in [0.4, 0.5) is 0 Å². The molecule has 0 saturated carbocycles. The average Bonchev–Trinajstić information content (AvgIpc) is 2.85. The van der Waals surface area contributed by atoms with Crippen LogP contribution in [-0.2, 0) is 9.47 Å². The normalized spacial score (nSPS) is 11.7. The summed E-state index contributed by atoms with van der Waals surface area (Å²) in [5.41, 5.74) is 0. The smallest absolute Gasteiger partial charge is 0.157 e. The third-order valence-electron chi connectivity index (χ3n) is 6.69. The molecule has 0 aliphatic carbocycles. The summed E-state index contributed by atoms with van der Waals surface area (Å²) >= 11 is 0. The van der Waals surface area contributed by atoms with Crippen molar-refractivity contribution in [2.24, 2.45) is 0 Å². The average molecular weight is 479 g/mol. The van der Waals surface area contributed by atoms with Gasteiger partial charge in [0.2, 0.25) is 0 Å². The predicted octanol–water partition coefficient (Wildman–Crippen LogP) is 11.1. The number of hydrogen-bond acceptors (Lipinski definition) is 2.